The van der Waals surface area contributed by atoms with Gasteiger partial charge in [0.05, 0.1) is 6.10 Å². The zero-order valence-corrected chi connectivity index (χ0v) is 9.51. The molecule has 0 saturated carbocycles. The number of rotatable bonds is 3. The molecule has 0 saturated heterocycles. The van der Waals surface area contributed by atoms with Crippen LogP contribution < -0.4 is 5.73 Å². The van der Waals surface area contributed by atoms with Crippen LogP contribution in [0.3, 0.4) is 0 Å². The van der Waals surface area contributed by atoms with Crippen molar-refractivity contribution in [3.05, 3.63) is 33.5 Å². The lowest BCUT2D eigenvalue weighted by Gasteiger charge is -2.14. The summed E-state index contributed by atoms with van der Waals surface area (Å²) in [6.45, 7) is 2.00. The molecule has 1 unspecified atom stereocenters. The number of hydrogen-bond acceptors (Lipinski definition) is 2. The van der Waals surface area contributed by atoms with Crippen molar-refractivity contribution in [3.63, 3.8) is 0 Å². The number of aryl methyl sites for hydroxylation is 1. The summed E-state index contributed by atoms with van der Waals surface area (Å²) in [4.78, 5) is 0. The Morgan fingerprint density at radius 2 is 2.21 bits per heavy atom. The fourth-order valence-corrected chi connectivity index (χ4v) is 1.86. The average molecular weight is 262 g/mol. The number of hydrogen-bond donors (Lipinski definition) is 2. The van der Waals surface area contributed by atoms with Crippen molar-refractivity contribution in [2.75, 3.05) is 6.54 Å². The maximum Gasteiger partial charge on any atom is 0.133 e. The molecule has 0 spiro atoms. The van der Waals surface area contributed by atoms with Gasteiger partial charge in [-0.2, -0.15) is 0 Å². The standard InChI is InChI=1S/C10H13BrFNO/c1-6-2-3-7(11)9(10(6)12)8(14)4-5-13/h2-3,8,14H,4-5,13H2,1H3. The van der Waals surface area contributed by atoms with Gasteiger partial charge in [0.15, 0.2) is 0 Å². The third-order valence-electron chi connectivity index (χ3n) is 2.09. The number of halogens is 2. The zero-order chi connectivity index (χ0) is 10.7. The maximum absolute atomic E-state index is 13.6. The first-order valence-corrected chi connectivity index (χ1v) is 5.20. The highest BCUT2D eigenvalue weighted by atomic mass is 79.9. The molecular weight excluding hydrogens is 249 g/mol. The molecule has 0 aromatic heterocycles. The van der Waals surface area contributed by atoms with Gasteiger partial charge in [0, 0.05) is 10.0 Å². The van der Waals surface area contributed by atoms with Crippen LogP contribution in [0.5, 0.6) is 0 Å². The average Bonchev–Trinajstić information content (AvgIpc) is 2.13. The first-order chi connectivity index (χ1) is 6.57. The van der Waals surface area contributed by atoms with Crippen LogP contribution in [0.2, 0.25) is 0 Å². The van der Waals surface area contributed by atoms with E-state index in [2.05, 4.69) is 15.9 Å². The Hall–Kier alpha value is -0.450. The minimum atomic E-state index is -0.839. The van der Waals surface area contributed by atoms with Crippen LogP contribution >= 0.6 is 15.9 Å². The van der Waals surface area contributed by atoms with E-state index in [-0.39, 0.29) is 5.82 Å². The highest BCUT2D eigenvalue weighted by Crippen LogP contribution is 2.29. The summed E-state index contributed by atoms with van der Waals surface area (Å²) >= 11 is 3.21. The first kappa shape index (κ1) is 11.6. The van der Waals surface area contributed by atoms with Gasteiger partial charge in [0.25, 0.3) is 0 Å². The van der Waals surface area contributed by atoms with Crippen LogP contribution in [0.25, 0.3) is 0 Å². The van der Waals surface area contributed by atoms with Crippen molar-refractivity contribution in [2.24, 2.45) is 5.73 Å². The minimum Gasteiger partial charge on any atom is -0.388 e. The fourth-order valence-electron chi connectivity index (χ4n) is 1.29. The van der Waals surface area contributed by atoms with E-state index in [1.54, 1.807) is 19.1 Å². The summed E-state index contributed by atoms with van der Waals surface area (Å²) < 4.78 is 14.2. The van der Waals surface area contributed by atoms with E-state index in [0.717, 1.165) is 0 Å². The van der Waals surface area contributed by atoms with Crippen molar-refractivity contribution >= 4 is 15.9 Å². The largest absolute Gasteiger partial charge is 0.388 e. The zero-order valence-electron chi connectivity index (χ0n) is 7.93. The summed E-state index contributed by atoms with van der Waals surface area (Å²) in [7, 11) is 0. The Kier molecular flexibility index (Phi) is 4.04. The molecule has 0 bridgehead atoms. The van der Waals surface area contributed by atoms with Crippen LogP contribution in [-0.2, 0) is 0 Å². The predicted molar refractivity (Wildman–Crippen MR) is 57.5 cm³/mol. The molecule has 0 radical (unpaired) electrons. The third kappa shape index (κ3) is 2.32. The summed E-state index contributed by atoms with van der Waals surface area (Å²) in [6.07, 6.45) is -0.479. The van der Waals surface area contributed by atoms with Gasteiger partial charge in [-0.25, -0.2) is 4.39 Å². The van der Waals surface area contributed by atoms with Crippen LogP contribution in [0.4, 0.5) is 4.39 Å². The lowest BCUT2D eigenvalue weighted by molar-refractivity contribution is 0.164. The molecule has 14 heavy (non-hydrogen) atoms. The second-order valence-corrected chi connectivity index (χ2v) is 4.04. The Balaban J connectivity index is 3.11. The third-order valence-corrected chi connectivity index (χ3v) is 2.78. The molecule has 0 aliphatic carbocycles. The van der Waals surface area contributed by atoms with Gasteiger partial charge in [0.1, 0.15) is 5.82 Å². The molecule has 1 aromatic carbocycles. The van der Waals surface area contributed by atoms with E-state index in [1.165, 1.54) is 0 Å². The second kappa shape index (κ2) is 4.87. The normalized spacial score (nSPS) is 12.9. The highest BCUT2D eigenvalue weighted by molar-refractivity contribution is 9.10. The van der Waals surface area contributed by atoms with Gasteiger partial charge in [-0.05, 0) is 31.5 Å². The van der Waals surface area contributed by atoms with Crippen molar-refractivity contribution in [1.82, 2.24) is 0 Å². The highest BCUT2D eigenvalue weighted by Gasteiger charge is 2.17. The van der Waals surface area contributed by atoms with E-state index in [0.29, 0.717) is 28.6 Å². The Morgan fingerprint density at radius 1 is 1.57 bits per heavy atom. The van der Waals surface area contributed by atoms with Gasteiger partial charge in [0.2, 0.25) is 0 Å². The Morgan fingerprint density at radius 3 is 2.79 bits per heavy atom. The maximum atomic E-state index is 13.6. The van der Waals surface area contributed by atoms with Gasteiger partial charge in [-0.3, -0.25) is 0 Å². The Bertz CT molecular complexity index is 330. The van der Waals surface area contributed by atoms with E-state index < -0.39 is 6.10 Å². The molecule has 3 N–H and O–H groups in total. The summed E-state index contributed by atoms with van der Waals surface area (Å²) in [6, 6.07) is 3.39. The van der Waals surface area contributed by atoms with Gasteiger partial charge in [-0.1, -0.05) is 22.0 Å². The topological polar surface area (TPSA) is 46.2 Å². The molecule has 0 heterocycles. The first-order valence-electron chi connectivity index (χ1n) is 4.40. The summed E-state index contributed by atoms with van der Waals surface area (Å²) in [5.41, 5.74) is 6.14. The number of nitrogens with two attached hydrogens (primary N) is 1. The molecule has 1 aromatic rings. The smallest absolute Gasteiger partial charge is 0.133 e. The molecule has 4 heteroatoms. The van der Waals surface area contributed by atoms with Crippen LogP contribution in [0.15, 0.2) is 16.6 Å². The number of aliphatic hydroxyl groups is 1. The molecule has 1 rings (SSSR count). The van der Waals surface area contributed by atoms with Crippen molar-refractivity contribution in [3.8, 4) is 0 Å². The minimum absolute atomic E-state index is 0.301. The van der Waals surface area contributed by atoms with E-state index in [9.17, 15) is 9.50 Å². The Labute approximate surface area is 91.1 Å². The lowest BCUT2D eigenvalue weighted by atomic mass is 10.0. The number of aliphatic hydroxyl groups excluding tert-OH is 1. The molecule has 0 fully saturated rings. The van der Waals surface area contributed by atoms with Crippen molar-refractivity contribution in [2.45, 2.75) is 19.4 Å². The second-order valence-electron chi connectivity index (χ2n) is 3.19. The van der Waals surface area contributed by atoms with Crippen molar-refractivity contribution < 1.29 is 9.50 Å². The molecular formula is C10H13BrFNO. The number of benzene rings is 1. The van der Waals surface area contributed by atoms with E-state index >= 15 is 0 Å². The van der Waals surface area contributed by atoms with Crippen LogP contribution in [-0.4, -0.2) is 11.7 Å². The lowest BCUT2D eigenvalue weighted by Crippen LogP contribution is -2.09. The monoisotopic (exact) mass is 261 g/mol. The van der Waals surface area contributed by atoms with Crippen molar-refractivity contribution in [1.29, 1.82) is 0 Å². The van der Waals surface area contributed by atoms with Gasteiger partial charge >= 0.3 is 0 Å². The van der Waals surface area contributed by atoms with E-state index in [4.69, 9.17) is 5.73 Å². The molecule has 0 amide bonds. The van der Waals surface area contributed by atoms with Crippen LogP contribution in [0, 0.1) is 12.7 Å². The van der Waals surface area contributed by atoms with Gasteiger partial charge in [-0.15, -0.1) is 0 Å². The SMILES string of the molecule is Cc1ccc(Br)c(C(O)CCN)c1F. The quantitative estimate of drug-likeness (QED) is 0.877. The fraction of sp³-hybridized carbons (Fsp3) is 0.400. The predicted octanol–water partition coefficient (Wildman–Crippen LogP) is 2.28. The molecule has 78 valence electrons. The summed E-state index contributed by atoms with van der Waals surface area (Å²) in [5, 5.41) is 9.66. The molecule has 0 aliphatic heterocycles. The van der Waals surface area contributed by atoms with Gasteiger partial charge < -0.3 is 10.8 Å². The van der Waals surface area contributed by atoms with E-state index in [1.807, 2.05) is 0 Å². The summed E-state index contributed by atoms with van der Waals surface area (Å²) in [5.74, 6) is -0.361. The molecule has 2 nitrogen and oxygen atoms in total. The molecule has 1 atom stereocenters. The molecule has 0 aliphatic rings. The van der Waals surface area contributed by atoms with Crippen LogP contribution in [0.1, 0.15) is 23.7 Å².